The molecular formula is C15H21N. The Bertz CT molecular complexity index is 366. The highest BCUT2D eigenvalue weighted by molar-refractivity contribution is 5.28. The zero-order valence-electron chi connectivity index (χ0n) is 10.3. The van der Waals surface area contributed by atoms with E-state index in [2.05, 4.69) is 43.0 Å². The van der Waals surface area contributed by atoms with Crippen molar-refractivity contribution in [3.8, 4) is 0 Å². The number of nitrogens with zero attached hydrogens (tertiary/aromatic N) is 1. The predicted octanol–water partition coefficient (Wildman–Crippen LogP) is 3.37. The van der Waals surface area contributed by atoms with Gasteiger partial charge in [-0.2, -0.15) is 0 Å². The monoisotopic (exact) mass is 215 g/mol. The maximum Gasteiger partial charge on any atom is 0.0229 e. The van der Waals surface area contributed by atoms with Crippen LogP contribution in [0.5, 0.6) is 0 Å². The Kier molecular flexibility index (Phi) is 2.51. The SMILES string of the molecule is CC(C)c1ccc(C2CCN3CC3C2)cc1. The van der Waals surface area contributed by atoms with Crippen molar-refractivity contribution in [2.75, 3.05) is 13.1 Å². The molecule has 3 atom stereocenters. The third-order valence-corrected chi connectivity index (χ3v) is 4.22. The number of rotatable bonds is 2. The van der Waals surface area contributed by atoms with Crippen molar-refractivity contribution in [2.45, 2.75) is 44.6 Å². The van der Waals surface area contributed by atoms with Crippen LogP contribution in [0.15, 0.2) is 24.3 Å². The Morgan fingerprint density at radius 2 is 1.94 bits per heavy atom. The molecule has 0 N–H and O–H groups in total. The van der Waals surface area contributed by atoms with E-state index >= 15 is 0 Å². The van der Waals surface area contributed by atoms with Gasteiger partial charge in [0.1, 0.15) is 0 Å². The highest BCUT2D eigenvalue weighted by Crippen LogP contribution is 2.38. The average molecular weight is 215 g/mol. The molecule has 1 nitrogen and oxygen atoms in total. The standard InChI is InChI=1S/C15H21N/c1-11(2)12-3-5-13(6-4-12)14-7-8-16-10-15(16)9-14/h3-6,11,14-15H,7-10H2,1-2H3. The summed E-state index contributed by atoms with van der Waals surface area (Å²) in [5.41, 5.74) is 3.03. The van der Waals surface area contributed by atoms with Gasteiger partial charge >= 0.3 is 0 Å². The number of hydrogen-bond donors (Lipinski definition) is 0. The van der Waals surface area contributed by atoms with Crippen LogP contribution in [0.4, 0.5) is 0 Å². The van der Waals surface area contributed by atoms with Crippen molar-refractivity contribution in [3.63, 3.8) is 0 Å². The lowest BCUT2D eigenvalue weighted by Crippen LogP contribution is -2.17. The van der Waals surface area contributed by atoms with Gasteiger partial charge in [-0.25, -0.2) is 0 Å². The first-order chi connectivity index (χ1) is 7.74. The molecule has 3 unspecified atom stereocenters. The van der Waals surface area contributed by atoms with Crippen molar-refractivity contribution in [2.24, 2.45) is 0 Å². The summed E-state index contributed by atoms with van der Waals surface area (Å²) in [5.74, 6) is 1.48. The molecule has 1 aromatic carbocycles. The minimum atomic E-state index is 0.652. The molecule has 1 aromatic rings. The predicted molar refractivity (Wildman–Crippen MR) is 67.9 cm³/mol. The lowest BCUT2D eigenvalue weighted by atomic mass is 9.88. The minimum absolute atomic E-state index is 0.652. The molecule has 0 spiro atoms. The van der Waals surface area contributed by atoms with Gasteiger partial charge in [0.25, 0.3) is 0 Å². The maximum absolute atomic E-state index is 2.60. The third-order valence-electron chi connectivity index (χ3n) is 4.22. The largest absolute Gasteiger partial charge is 0.298 e. The quantitative estimate of drug-likeness (QED) is 0.684. The van der Waals surface area contributed by atoms with E-state index in [9.17, 15) is 0 Å². The topological polar surface area (TPSA) is 3.01 Å². The molecule has 2 aliphatic heterocycles. The van der Waals surface area contributed by atoms with Crippen molar-refractivity contribution < 1.29 is 0 Å². The maximum atomic E-state index is 2.60. The lowest BCUT2D eigenvalue weighted by Gasteiger charge is -2.22. The molecule has 0 saturated carbocycles. The van der Waals surface area contributed by atoms with E-state index in [1.54, 1.807) is 5.56 Å². The molecule has 86 valence electrons. The molecule has 0 aromatic heterocycles. The fourth-order valence-electron chi connectivity index (χ4n) is 2.94. The Hall–Kier alpha value is -0.820. The average Bonchev–Trinajstić information content (AvgIpc) is 3.07. The minimum Gasteiger partial charge on any atom is -0.298 e. The van der Waals surface area contributed by atoms with Gasteiger partial charge in [-0.3, -0.25) is 4.90 Å². The number of hydrogen-bond acceptors (Lipinski definition) is 1. The van der Waals surface area contributed by atoms with Gasteiger partial charge in [0, 0.05) is 12.6 Å². The van der Waals surface area contributed by atoms with E-state index in [0.29, 0.717) is 5.92 Å². The molecule has 0 bridgehead atoms. The fourth-order valence-corrected chi connectivity index (χ4v) is 2.94. The van der Waals surface area contributed by atoms with Crippen LogP contribution in [0.2, 0.25) is 0 Å². The van der Waals surface area contributed by atoms with Crippen LogP contribution >= 0.6 is 0 Å². The summed E-state index contributed by atoms with van der Waals surface area (Å²) < 4.78 is 0. The van der Waals surface area contributed by atoms with Crippen molar-refractivity contribution >= 4 is 0 Å². The summed E-state index contributed by atoms with van der Waals surface area (Å²) in [4.78, 5) is 2.60. The normalized spacial score (nSPS) is 32.6. The van der Waals surface area contributed by atoms with Crippen molar-refractivity contribution in [1.29, 1.82) is 0 Å². The summed E-state index contributed by atoms with van der Waals surface area (Å²) in [6, 6.07) is 10.3. The molecule has 2 heterocycles. The van der Waals surface area contributed by atoms with E-state index < -0.39 is 0 Å². The smallest absolute Gasteiger partial charge is 0.0229 e. The first kappa shape index (κ1) is 10.3. The highest BCUT2D eigenvalue weighted by atomic mass is 15.3. The lowest BCUT2D eigenvalue weighted by molar-refractivity contribution is 0.373. The van der Waals surface area contributed by atoms with Crippen LogP contribution in [0.25, 0.3) is 0 Å². The second-order valence-electron chi connectivity index (χ2n) is 5.69. The van der Waals surface area contributed by atoms with Crippen LogP contribution in [0.3, 0.4) is 0 Å². The second-order valence-corrected chi connectivity index (χ2v) is 5.69. The van der Waals surface area contributed by atoms with E-state index in [-0.39, 0.29) is 0 Å². The molecule has 1 heteroatoms. The van der Waals surface area contributed by atoms with E-state index in [1.165, 1.54) is 31.5 Å². The van der Waals surface area contributed by atoms with Gasteiger partial charge in [0.2, 0.25) is 0 Å². The first-order valence-electron chi connectivity index (χ1n) is 6.58. The van der Waals surface area contributed by atoms with Crippen LogP contribution in [-0.2, 0) is 0 Å². The van der Waals surface area contributed by atoms with Crippen LogP contribution in [-0.4, -0.2) is 24.0 Å². The van der Waals surface area contributed by atoms with Gasteiger partial charge in [0.15, 0.2) is 0 Å². The number of benzene rings is 1. The van der Waals surface area contributed by atoms with Crippen molar-refractivity contribution in [3.05, 3.63) is 35.4 Å². The first-order valence-corrected chi connectivity index (χ1v) is 6.58. The second kappa shape index (κ2) is 3.89. The van der Waals surface area contributed by atoms with Crippen LogP contribution in [0.1, 0.15) is 49.7 Å². The van der Waals surface area contributed by atoms with Gasteiger partial charge in [-0.05, 0) is 42.3 Å². The Morgan fingerprint density at radius 1 is 1.19 bits per heavy atom. The fraction of sp³-hybridized carbons (Fsp3) is 0.600. The molecule has 2 fully saturated rings. The zero-order chi connectivity index (χ0) is 11.1. The summed E-state index contributed by atoms with van der Waals surface area (Å²) in [6.07, 6.45) is 2.75. The Labute approximate surface area is 98.5 Å². The van der Waals surface area contributed by atoms with E-state index in [4.69, 9.17) is 0 Å². The zero-order valence-corrected chi connectivity index (χ0v) is 10.3. The number of fused-ring (bicyclic) bond motifs is 1. The van der Waals surface area contributed by atoms with E-state index in [1.807, 2.05) is 0 Å². The Morgan fingerprint density at radius 3 is 2.56 bits per heavy atom. The van der Waals surface area contributed by atoms with Crippen LogP contribution < -0.4 is 0 Å². The molecule has 2 saturated heterocycles. The number of piperidine rings is 1. The summed E-state index contributed by atoms with van der Waals surface area (Å²) in [5, 5.41) is 0. The summed E-state index contributed by atoms with van der Waals surface area (Å²) in [6.45, 7) is 7.21. The van der Waals surface area contributed by atoms with E-state index in [0.717, 1.165) is 12.0 Å². The van der Waals surface area contributed by atoms with Crippen LogP contribution in [0, 0.1) is 0 Å². The van der Waals surface area contributed by atoms with Gasteiger partial charge in [0.05, 0.1) is 0 Å². The summed E-state index contributed by atoms with van der Waals surface area (Å²) >= 11 is 0. The molecule has 0 aliphatic carbocycles. The molecule has 2 aliphatic rings. The molecule has 3 rings (SSSR count). The third kappa shape index (κ3) is 1.89. The van der Waals surface area contributed by atoms with Crippen molar-refractivity contribution in [1.82, 2.24) is 4.90 Å². The van der Waals surface area contributed by atoms with Gasteiger partial charge in [-0.1, -0.05) is 38.1 Å². The summed E-state index contributed by atoms with van der Waals surface area (Å²) in [7, 11) is 0. The highest BCUT2D eigenvalue weighted by Gasteiger charge is 2.39. The van der Waals surface area contributed by atoms with Gasteiger partial charge in [-0.15, -0.1) is 0 Å². The molecular weight excluding hydrogens is 194 g/mol. The molecule has 0 amide bonds. The molecule has 16 heavy (non-hydrogen) atoms. The Balaban J connectivity index is 1.73. The molecule has 0 radical (unpaired) electrons. The van der Waals surface area contributed by atoms with Gasteiger partial charge < -0.3 is 0 Å².